The molecule has 0 aromatic carbocycles. The molecule has 2 heterocycles. The predicted molar refractivity (Wildman–Crippen MR) is 81.1 cm³/mol. The van der Waals surface area contributed by atoms with Crippen molar-refractivity contribution in [2.24, 2.45) is 11.8 Å². The van der Waals surface area contributed by atoms with Gasteiger partial charge in [-0.15, -0.1) is 11.8 Å². The second-order valence-corrected chi connectivity index (χ2v) is 6.58. The molecule has 8 nitrogen and oxygen atoms in total. The Morgan fingerprint density at radius 1 is 1.40 bits per heavy atom. The molecule has 0 spiro atoms. The fourth-order valence-electron chi connectivity index (χ4n) is 3.15. The molecule has 1 amide bonds. The molecule has 0 aliphatic carbocycles. The smallest absolute Gasteiger partial charge is 1.00 e. The van der Waals surface area contributed by atoms with E-state index in [-0.39, 0.29) is 80.5 Å². The summed E-state index contributed by atoms with van der Waals surface area (Å²) >= 11 is 1.10. The summed E-state index contributed by atoms with van der Waals surface area (Å²) < 4.78 is 0. The Kier molecular flexibility index (Phi) is 10.3. The number of thioether (sulfide) groups is 1. The maximum Gasteiger partial charge on any atom is 1.00 e. The molecule has 2 aliphatic rings. The summed E-state index contributed by atoms with van der Waals surface area (Å²) in [6.07, 6.45) is -1.14. The minimum Gasteiger partial charge on any atom is -1.00 e. The van der Waals surface area contributed by atoms with E-state index in [1.54, 1.807) is 0 Å². The fraction of sp³-hybridized carbons (Fsp3) is 0.571. The van der Waals surface area contributed by atoms with Gasteiger partial charge in [-0.3, -0.25) is 9.59 Å². The van der Waals surface area contributed by atoms with Crippen molar-refractivity contribution >= 4 is 29.6 Å². The molecule has 0 bridgehead atoms. The van der Waals surface area contributed by atoms with E-state index >= 15 is 0 Å². The first-order valence-electron chi connectivity index (χ1n) is 7.01. The second kappa shape index (κ2) is 10.3. The summed E-state index contributed by atoms with van der Waals surface area (Å²) in [4.78, 5) is 36.2. The van der Waals surface area contributed by atoms with Crippen LogP contribution >= 0.6 is 11.8 Å². The summed E-state index contributed by atoms with van der Waals surface area (Å²) in [5.41, 5.74) is -0.217. The van der Waals surface area contributed by atoms with Gasteiger partial charge in [0.25, 0.3) is 0 Å². The second-order valence-electron chi connectivity index (χ2n) is 5.44. The Hall–Kier alpha value is -0.0500. The summed E-state index contributed by atoms with van der Waals surface area (Å²) in [6, 6.07) is 1.28. The Morgan fingerprint density at radius 3 is 2.44 bits per heavy atom. The summed E-state index contributed by atoms with van der Waals surface area (Å²) in [5, 5.41) is 36.9. The molecule has 3 N–H and O–H groups in total. The van der Waals surface area contributed by atoms with Crippen molar-refractivity contribution in [3.05, 3.63) is 10.6 Å². The van der Waals surface area contributed by atoms with Crippen LogP contribution in [0.2, 0.25) is 0 Å². The Bertz CT molecular complexity index is 644. The molecule has 0 saturated carbocycles. The number of aliphatic hydroxyl groups is 1. The van der Waals surface area contributed by atoms with Gasteiger partial charge in [0.15, 0.2) is 0 Å². The van der Waals surface area contributed by atoms with Gasteiger partial charge in [0.2, 0.25) is 5.91 Å². The molecular formula is C14H18N2Na2O6S. The van der Waals surface area contributed by atoms with Crippen molar-refractivity contribution in [1.29, 1.82) is 5.26 Å². The molecule has 128 valence electrons. The normalized spacial score (nSPS) is 25.1. The third-order valence-electron chi connectivity index (χ3n) is 4.00. The van der Waals surface area contributed by atoms with E-state index in [0.717, 1.165) is 16.7 Å². The number of rotatable bonds is 7. The van der Waals surface area contributed by atoms with E-state index in [9.17, 15) is 24.6 Å². The van der Waals surface area contributed by atoms with Gasteiger partial charge in [-0.1, -0.05) is 0 Å². The summed E-state index contributed by atoms with van der Waals surface area (Å²) in [5.74, 6) is -4.09. The van der Waals surface area contributed by atoms with Crippen molar-refractivity contribution < 1.29 is 91.7 Å². The topological polar surface area (TPSA) is 139 Å². The van der Waals surface area contributed by atoms with Crippen LogP contribution in [0, 0.1) is 23.2 Å². The molecule has 0 aromatic heterocycles. The fourth-order valence-corrected chi connectivity index (χ4v) is 4.33. The van der Waals surface area contributed by atoms with Crippen LogP contribution in [0.3, 0.4) is 0 Å². The summed E-state index contributed by atoms with van der Waals surface area (Å²) in [7, 11) is 0. The number of aliphatic carboxylic acids is 2. The minimum atomic E-state index is -1.31. The number of carboxylic acid groups (broad SMARTS) is 2. The number of aliphatic hydroxyl groups excluding tert-OH is 1. The largest absolute Gasteiger partial charge is 1.00 e. The van der Waals surface area contributed by atoms with Gasteiger partial charge in [0.05, 0.1) is 30.6 Å². The van der Waals surface area contributed by atoms with Gasteiger partial charge in [0, 0.05) is 23.0 Å². The van der Waals surface area contributed by atoms with Gasteiger partial charge >= 0.3 is 71.1 Å². The Labute approximate surface area is 196 Å². The third-order valence-corrected chi connectivity index (χ3v) is 5.22. The summed E-state index contributed by atoms with van der Waals surface area (Å²) in [6.45, 7) is 1.43. The predicted octanol–water partition coefficient (Wildman–Crippen LogP) is -5.53. The molecular weight excluding hydrogens is 370 g/mol. The number of carboxylic acids is 2. The van der Waals surface area contributed by atoms with Crippen molar-refractivity contribution in [2.45, 2.75) is 31.9 Å². The van der Waals surface area contributed by atoms with Crippen LogP contribution in [-0.4, -0.2) is 56.0 Å². The average molecular weight is 388 g/mol. The van der Waals surface area contributed by atoms with Gasteiger partial charge < -0.3 is 23.1 Å². The molecule has 1 fully saturated rings. The number of nitriles is 1. The monoisotopic (exact) mass is 388 g/mol. The Balaban J connectivity index is -0.00000144. The number of fused-ring (bicyclic) bond motifs is 1. The molecule has 2 aliphatic heterocycles. The van der Waals surface area contributed by atoms with Gasteiger partial charge in [0.1, 0.15) is 5.70 Å². The molecule has 0 aromatic rings. The van der Waals surface area contributed by atoms with E-state index in [4.69, 9.17) is 10.4 Å². The number of amides is 1. The van der Waals surface area contributed by atoms with Crippen LogP contribution in [0.4, 0.5) is 0 Å². The minimum absolute atomic E-state index is 0. The Morgan fingerprint density at radius 2 is 2.00 bits per heavy atom. The molecule has 4 atom stereocenters. The SMILES string of the molecule is C[C@@H](O)[C@H]1C(=O)N2C(C(=O)O)=C(SCCC#N)[C@H](CC(=O)O)[C@H]12.[H-].[H-].[Na+].[Na+]. The first-order valence-corrected chi connectivity index (χ1v) is 8.00. The molecule has 11 heteroatoms. The van der Waals surface area contributed by atoms with Crippen LogP contribution in [-0.2, 0) is 14.4 Å². The maximum atomic E-state index is 12.2. The molecule has 0 unspecified atom stereocenters. The number of nitrogens with zero attached hydrogens (tertiary/aromatic N) is 2. The zero-order valence-corrected chi connectivity index (χ0v) is 19.1. The van der Waals surface area contributed by atoms with Crippen LogP contribution < -0.4 is 59.1 Å². The maximum absolute atomic E-state index is 12.2. The van der Waals surface area contributed by atoms with Crippen LogP contribution in [0.5, 0.6) is 0 Å². The van der Waals surface area contributed by atoms with Crippen LogP contribution in [0.15, 0.2) is 10.6 Å². The first kappa shape index (κ1) is 24.9. The standard InChI is InChI=1S/C14H16N2O6S.2Na.2H/c1-6(17)9-10-7(5-8(18)19)12(23-4-2-3-15)11(14(21)22)16(10)13(9)20;;;;/h6-7,9-10,17H,2,4-5H2,1H3,(H,18,19)(H,21,22);;;;/q;2*+1;2*-1/t6-,7-,9-,10-;;;;/m1..../s1. The first-order chi connectivity index (χ1) is 10.8. The van der Waals surface area contributed by atoms with E-state index in [2.05, 4.69) is 0 Å². The number of β-lactam (4-membered cyclic amide) rings is 1. The van der Waals surface area contributed by atoms with Gasteiger partial charge in [-0.25, -0.2) is 4.79 Å². The molecule has 2 rings (SSSR count). The number of carbonyl (C=O) groups excluding carboxylic acids is 1. The average Bonchev–Trinajstić information content (AvgIpc) is 2.69. The van der Waals surface area contributed by atoms with Gasteiger partial charge in [-0.2, -0.15) is 5.26 Å². The number of hydrogen-bond acceptors (Lipinski definition) is 6. The molecule has 1 saturated heterocycles. The zero-order valence-electron chi connectivity index (χ0n) is 16.3. The quantitative estimate of drug-likeness (QED) is 0.223. The number of carbonyl (C=O) groups is 3. The number of hydrogen-bond donors (Lipinski definition) is 3. The molecule has 0 radical (unpaired) electrons. The van der Waals surface area contributed by atoms with E-state index in [0.29, 0.717) is 10.7 Å². The zero-order chi connectivity index (χ0) is 17.3. The van der Waals surface area contributed by atoms with Crippen molar-refractivity contribution in [2.75, 3.05) is 5.75 Å². The van der Waals surface area contributed by atoms with Crippen molar-refractivity contribution in [3.63, 3.8) is 0 Å². The van der Waals surface area contributed by atoms with Gasteiger partial charge in [-0.05, 0) is 6.92 Å². The van der Waals surface area contributed by atoms with E-state index in [1.165, 1.54) is 6.92 Å². The third kappa shape index (κ3) is 4.82. The van der Waals surface area contributed by atoms with E-state index < -0.39 is 41.8 Å². The van der Waals surface area contributed by atoms with Crippen LogP contribution in [0.1, 0.15) is 22.6 Å². The van der Waals surface area contributed by atoms with Crippen LogP contribution in [0.25, 0.3) is 0 Å². The molecule has 25 heavy (non-hydrogen) atoms. The van der Waals surface area contributed by atoms with Crippen molar-refractivity contribution in [3.8, 4) is 6.07 Å². The van der Waals surface area contributed by atoms with Crippen molar-refractivity contribution in [1.82, 2.24) is 4.90 Å². The van der Waals surface area contributed by atoms with E-state index in [1.807, 2.05) is 6.07 Å².